The van der Waals surface area contributed by atoms with Crippen molar-refractivity contribution < 1.29 is 9.90 Å². The molecule has 5 aliphatic rings. The summed E-state index contributed by atoms with van der Waals surface area (Å²) in [7, 11) is 0. The molecule has 0 aromatic heterocycles. The molecular formula is C30H48O2. The molecule has 2 heteroatoms. The molecule has 4 saturated carbocycles. The monoisotopic (exact) mass is 440 g/mol. The quantitative estimate of drug-likeness (QED) is 0.400. The van der Waals surface area contributed by atoms with Crippen LogP contribution in [0.3, 0.4) is 0 Å². The zero-order valence-corrected chi connectivity index (χ0v) is 22.1. The summed E-state index contributed by atoms with van der Waals surface area (Å²) in [6.07, 6.45) is 12.5. The maximum atomic E-state index is 12.9. The first-order valence-electron chi connectivity index (χ1n) is 13.5. The summed E-state index contributed by atoms with van der Waals surface area (Å²) in [6.45, 7) is 19.3. The predicted octanol–water partition coefficient (Wildman–Crippen LogP) is 7.35. The summed E-state index contributed by atoms with van der Waals surface area (Å²) in [6, 6.07) is 0. The number of hydrogen-bond donors (Lipinski definition) is 1. The van der Waals surface area contributed by atoms with E-state index in [2.05, 4.69) is 61.5 Å². The Balaban J connectivity index is 1.61. The van der Waals surface area contributed by atoms with Gasteiger partial charge >= 0.3 is 0 Å². The molecule has 0 aromatic rings. The third-order valence-corrected chi connectivity index (χ3v) is 12.7. The molecule has 8 atom stereocenters. The SMILES string of the molecule is CC1(C)CC[C@@]2(C)CC[C@]3(C)C(=CC[C@@H]4[C@]5(C)CCC(=O)C(C)(C)[C@H]5[C@H](O)C[C@@]43C)[C@H]2C1. The van der Waals surface area contributed by atoms with Gasteiger partial charge in [0.15, 0.2) is 0 Å². The van der Waals surface area contributed by atoms with Crippen LogP contribution < -0.4 is 0 Å². The highest BCUT2D eigenvalue weighted by atomic mass is 16.3. The van der Waals surface area contributed by atoms with Crippen LogP contribution >= 0.6 is 0 Å². The molecule has 0 bridgehead atoms. The van der Waals surface area contributed by atoms with Crippen molar-refractivity contribution in [2.24, 2.45) is 50.2 Å². The van der Waals surface area contributed by atoms with Gasteiger partial charge in [0, 0.05) is 17.8 Å². The molecule has 32 heavy (non-hydrogen) atoms. The van der Waals surface area contributed by atoms with Gasteiger partial charge in [-0.15, -0.1) is 0 Å². The fraction of sp³-hybridized carbons (Fsp3) is 0.900. The number of hydrogen-bond acceptors (Lipinski definition) is 2. The lowest BCUT2D eigenvalue weighted by molar-refractivity contribution is -0.218. The Kier molecular flexibility index (Phi) is 4.71. The van der Waals surface area contributed by atoms with Crippen molar-refractivity contribution in [3.63, 3.8) is 0 Å². The van der Waals surface area contributed by atoms with Crippen LogP contribution in [0.2, 0.25) is 0 Å². The first-order valence-corrected chi connectivity index (χ1v) is 13.5. The lowest BCUT2D eigenvalue weighted by atomic mass is 9.33. The van der Waals surface area contributed by atoms with Crippen LogP contribution in [-0.4, -0.2) is 17.0 Å². The summed E-state index contributed by atoms with van der Waals surface area (Å²) < 4.78 is 0. The molecule has 0 heterocycles. The zero-order chi connectivity index (χ0) is 23.5. The number of carbonyl (C=O) groups is 1. The molecule has 0 aromatic carbocycles. The van der Waals surface area contributed by atoms with Gasteiger partial charge in [-0.1, -0.05) is 67.0 Å². The van der Waals surface area contributed by atoms with E-state index in [1.807, 2.05) is 0 Å². The van der Waals surface area contributed by atoms with E-state index in [0.717, 1.165) is 19.3 Å². The number of carbonyl (C=O) groups excluding carboxylic acids is 1. The summed E-state index contributed by atoms with van der Waals surface area (Å²) in [5.74, 6) is 1.68. The molecule has 180 valence electrons. The maximum absolute atomic E-state index is 12.9. The van der Waals surface area contributed by atoms with E-state index in [4.69, 9.17) is 0 Å². The third-order valence-electron chi connectivity index (χ3n) is 12.7. The summed E-state index contributed by atoms with van der Waals surface area (Å²) >= 11 is 0. The maximum Gasteiger partial charge on any atom is 0.138 e. The summed E-state index contributed by atoms with van der Waals surface area (Å²) in [5.41, 5.74) is 2.49. The van der Waals surface area contributed by atoms with Crippen molar-refractivity contribution in [3.8, 4) is 0 Å². The fourth-order valence-electron chi connectivity index (χ4n) is 10.5. The average Bonchev–Trinajstić information content (AvgIpc) is 2.67. The Morgan fingerprint density at radius 1 is 0.875 bits per heavy atom. The lowest BCUT2D eigenvalue weighted by Gasteiger charge is -2.71. The van der Waals surface area contributed by atoms with Crippen molar-refractivity contribution in [2.45, 2.75) is 119 Å². The van der Waals surface area contributed by atoms with Gasteiger partial charge < -0.3 is 5.11 Å². The minimum absolute atomic E-state index is 0.0292. The van der Waals surface area contributed by atoms with Gasteiger partial charge in [0.2, 0.25) is 0 Å². The number of aliphatic hydroxyl groups excluding tert-OH is 1. The van der Waals surface area contributed by atoms with Gasteiger partial charge in [-0.3, -0.25) is 4.79 Å². The zero-order valence-electron chi connectivity index (χ0n) is 22.1. The highest BCUT2D eigenvalue weighted by molar-refractivity contribution is 5.85. The largest absolute Gasteiger partial charge is 0.393 e. The topological polar surface area (TPSA) is 37.3 Å². The Bertz CT molecular complexity index is 866. The molecule has 0 spiro atoms. The molecule has 2 nitrogen and oxygen atoms in total. The van der Waals surface area contributed by atoms with E-state index in [1.54, 1.807) is 5.57 Å². The molecular weight excluding hydrogens is 392 g/mol. The van der Waals surface area contributed by atoms with Crippen LogP contribution in [0.5, 0.6) is 0 Å². The Hall–Kier alpha value is -0.630. The van der Waals surface area contributed by atoms with Crippen LogP contribution in [0, 0.1) is 50.2 Å². The number of ketones is 1. The van der Waals surface area contributed by atoms with Gasteiger partial charge in [-0.25, -0.2) is 0 Å². The second kappa shape index (κ2) is 6.52. The molecule has 1 N–H and O–H groups in total. The molecule has 4 fully saturated rings. The van der Waals surface area contributed by atoms with Gasteiger partial charge in [0.25, 0.3) is 0 Å². The van der Waals surface area contributed by atoms with E-state index < -0.39 is 5.41 Å². The summed E-state index contributed by atoms with van der Waals surface area (Å²) in [5, 5.41) is 11.7. The molecule has 0 radical (unpaired) electrons. The number of aliphatic hydroxyl groups is 1. The molecule has 0 aliphatic heterocycles. The van der Waals surface area contributed by atoms with E-state index in [9.17, 15) is 9.90 Å². The highest BCUT2D eigenvalue weighted by Crippen LogP contribution is 2.75. The minimum atomic E-state index is -0.419. The average molecular weight is 441 g/mol. The number of fused-ring (bicyclic) bond motifs is 7. The van der Waals surface area contributed by atoms with Crippen LogP contribution in [-0.2, 0) is 4.79 Å². The third kappa shape index (κ3) is 2.71. The van der Waals surface area contributed by atoms with Crippen LogP contribution in [0.1, 0.15) is 113 Å². The molecule has 0 unspecified atom stereocenters. The Morgan fingerprint density at radius 2 is 1.53 bits per heavy atom. The van der Waals surface area contributed by atoms with Crippen molar-refractivity contribution in [3.05, 3.63) is 11.6 Å². The summed E-state index contributed by atoms with van der Waals surface area (Å²) in [4.78, 5) is 12.9. The lowest BCUT2D eigenvalue weighted by Crippen LogP contribution is -2.67. The molecule has 5 rings (SSSR count). The van der Waals surface area contributed by atoms with Crippen molar-refractivity contribution in [1.29, 1.82) is 0 Å². The van der Waals surface area contributed by atoms with Crippen LogP contribution in [0.4, 0.5) is 0 Å². The first-order chi connectivity index (χ1) is 14.6. The smallest absolute Gasteiger partial charge is 0.138 e. The highest BCUT2D eigenvalue weighted by Gasteiger charge is 2.69. The van der Waals surface area contributed by atoms with Gasteiger partial charge in [-0.2, -0.15) is 0 Å². The van der Waals surface area contributed by atoms with Gasteiger partial charge in [0.05, 0.1) is 6.10 Å². The van der Waals surface area contributed by atoms with Crippen LogP contribution in [0.15, 0.2) is 11.6 Å². The van der Waals surface area contributed by atoms with Crippen molar-refractivity contribution in [2.75, 3.05) is 0 Å². The molecule has 5 aliphatic carbocycles. The Morgan fingerprint density at radius 3 is 2.22 bits per heavy atom. The minimum Gasteiger partial charge on any atom is -0.393 e. The standard InChI is InChI=1S/C30H48O2/c1-25(2)13-14-27(5)15-16-29(7)19(20(27)17-25)9-10-22-28(6)12-11-23(32)26(3,4)24(28)21(31)18-30(22,29)8/h9,20-22,24,31H,10-18H2,1-8H3/t20-,21-,22-,24-,27+,28+,29-,30+/m1/s1. The van der Waals surface area contributed by atoms with E-state index in [0.29, 0.717) is 34.9 Å². The van der Waals surface area contributed by atoms with Crippen molar-refractivity contribution in [1.82, 2.24) is 0 Å². The first kappa shape index (κ1) is 23.1. The number of rotatable bonds is 0. The van der Waals surface area contributed by atoms with E-state index in [-0.39, 0.29) is 28.3 Å². The van der Waals surface area contributed by atoms with Gasteiger partial charge in [0.1, 0.15) is 5.78 Å². The van der Waals surface area contributed by atoms with E-state index >= 15 is 0 Å². The molecule has 0 amide bonds. The Labute approximate surface area is 197 Å². The fourth-order valence-corrected chi connectivity index (χ4v) is 10.5. The second-order valence-electron chi connectivity index (χ2n) is 15.2. The van der Waals surface area contributed by atoms with Crippen LogP contribution in [0.25, 0.3) is 0 Å². The molecule has 0 saturated heterocycles. The number of allylic oxidation sites excluding steroid dienone is 2. The van der Waals surface area contributed by atoms with E-state index in [1.165, 1.54) is 32.1 Å². The second-order valence-corrected chi connectivity index (χ2v) is 15.2. The number of Topliss-reactive ketones (excluding diaryl/α,β-unsaturated/α-hetero) is 1. The van der Waals surface area contributed by atoms with Gasteiger partial charge in [-0.05, 0) is 90.3 Å². The van der Waals surface area contributed by atoms with Crippen molar-refractivity contribution >= 4 is 5.78 Å². The normalized spacial score (nSPS) is 53.9. The predicted molar refractivity (Wildman–Crippen MR) is 131 cm³/mol.